The molecule has 2 aromatic heterocycles. The van der Waals surface area contributed by atoms with Crippen LogP contribution in [-0.4, -0.2) is 102 Å². The minimum absolute atomic E-state index is 0.0445. The number of hydrogen-bond donors (Lipinski definition) is 1. The lowest BCUT2D eigenvalue weighted by Crippen LogP contribution is -2.47. The summed E-state index contributed by atoms with van der Waals surface area (Å²) in [5, 5.41) is 4.27. The zero-order valence-electron chi connectivity index (χ0n) is 21.8. The Morgan fingerprint density at radius 3 is 2.74 bits per heavy atom. The van der Waals surface area contributed by atoms with E-state index in [0.29, 0.717) is 24.6 Å². The van der Waals surface area contributed by atoms with Crippen molar-refractivity contribution in [1.29, 1.82) is 0 Å². The van der Waals surface area contributed by atoms with E-state index in [1.165, 1.54) is 18.0 Å². The predicted octanol–water partition coefficient (Wildman–Crippen LogP) is 3.85. The second-order valence-electron chi connectivity index (χ2n) is 10.0. The van der Waals surface area contributed by atoms with E-state index in [9.17, 15) is 9.18 Å². The van der Waals surface area contributed by atoms with Gasteiger partial charge in [0.05, 0.1) is 17.0 Å². The van der Waals surface area contributed by atoms with Crippen molar-refractivity contribution < 1.29 is 9.18 Å². The molecule has 0 atom stereocenters. The third kappa shape index (κ3) is 6.32. The maximum Gasteiger partial charge on any atom is 0.246 e. The van der Waals surface area contributed by atoms with Crippen LogP contribution in [-0.2, 0) is 17.8 Å². The van der Waals surface area contributed by atoms with Crippen molar-refractivity contribution in [1.82, 2.24) is 29.6 Å². The molecule has 2 aliphatic rings. The fourth-order valence-electron chi connectivity index (χ4n) is 4.87. The molecule has 1 fully saturated rings. The van der Waals surface area contributed by atoms with Crippen molar-refractivity contribution in [3.63, 3.8) is 0 Å². The van der Waals surface area contributed by atoms with Gasteiger partial charge in [0, 0.05) is 69.0 Å². The summed E-state index contributed by atoms with van der Waals surface area (Å²) in [7, 11) is 4.22. The molecule has 38 heavy (non-hydrogen) atoms. The summed E-state index contributed by atoms with van der Waals surface area (Å²) in [6.45, 7) is 8.40. The van der Waals surface area contributed by atoms with Gasteiger partial charge >= 0.3 is 0 Å². The van der Waals surface area contributed by atoms with Crippen molar-refractivity contribution >= 4 is 50.6 Å². The minimum atomic E-state index is -0.463. The number of rotatable bonds is 8. The van der Waals surface area contributed by atoms with Crippen molar-refractivity contribution in [3.05, 3.63) is 58.0 Å². The van der Waals surface area contributed by atoms with E-state index < -0.39 is 5.82 Å². The molecule has 0 spiro atoms. The summed E-state index contributed by atoms with van der Waals surface area (Å²) in [5.74, 6) is 0.245. The number of hydrogen-bond acceptors (Lipinski definition) is 8. The molecule has 3 aromatic rings. The van der Waals surface area contributed by atoms with Crippen molar-refractivity contribution in [2.45, 2.75) is 13.0 Å². The predicted molar refractivity (Wildman–Crippen MR) is 152 cm³/mol. The maximum absolute atomic E-state index is 13.6. The van der Waals surface area contributed by atoms with Gasteiger partial charge in [-0.1, -0.05) is 17.7 Å². The third-order valence-corrected chi connectivity index (χ3v) is 8.50. The highest BCUT2D eigenvalue weighted by atomic mass is 35.5. The van der Waals surface area contributed by atoms with Gasteiger partial charge in [0.15, 0.2) is 0 Å². The first-order valence-corrected chi connectivity index (χ1v) is 14.1. The number of amides is 1. The van der Waals surface area contributed by atoms with E-state index >= 15 is 0 Å². The van der Waals surface area contributed by atoms with Crippen LogP contribution in [0.1, 0.15) is 10.4 Å². The highest BCUT2D eigenvalue weighted by Gasteiger charge is 2.26. The van der Waals surface area contributed by atoms with Gasteiger partial charge in [-0.3, -0.25) is 14.6 Å². The van der Waals surface area contributed by atoms with E-state index in [2.05, 4.69) is 44.1 Å². The molecule has 0 radical (unpaired) electrons. The number of thiophene rings is 1. The number of fused-ring (bicyclic) bond motifs is 3. The van der Waals surface area contributed by atoms with Gasteiger partial charge in [0.2, 0.25) is 5.91 Å². The first-order chi connectivity index (χ1) is 18.4. The quantitative estimate of drug-likeness (QED) is 0.422. The van der Waals surface area contributed by atoms with Crippen LogP contribution in [0.3, 0.4) is 0 Å². The fraction of sp³-hybridized carbons (Fsp3) is 0.444. The van der Waals surface area contributed by atoms with Crippen LogP contribution in [0.25, 0.3) is 10.2 Å². The van der Waals surface area contributed by atoms with Gasteiger partial charge in [0.1, 0.15) is 22.8 Å². The zero-order valence-corrected chi connectivity index (χ0v) is 23.4. The van der Waals surface area contributed by atoms with Crippen LogP contribution in [0.15, 0.2) is 36.7 Å². The Kier molecular flexibility index (Phi) is 8.54. The molecule has 0 saturated carbocycles. The summed E-state index contributed by atoms with van der Waals surface area (Å²) in [4.78, 5) is 32.9. The number of carbonyl (C=O) groups excluding carboxylic acids is 1. The highest BCUT2D eigenvalue weighted by molar-refractivity contribution is 7.19. The Balaban J connectivity index is 1.19. The van der Waals surface area contributed by atoms with E-state index in [-0.39, 0.29) is 10.9 Å². The average Bonchev–Trinajstić information content (AvgIpc) is 3.29. The molecule has 4 heterocycles. The monoisotopic (exact) mass is 557 g/mol. The molecule has 11 heteroatoms. The Labute approximate surface area is 231 Å². The molecule has 1 saturated heterocycles. The third-order valence-electron chi connectivity index (χ3n) is 7.08. The summed E-state index contributed by atoms with van der Waals surface area (Å²) < 4.78 is 13.6. The Morgan fingerprint density at radius 1 is 1.18 bits per heavy atom. The Hall–Kier alpha value is -2.63. The summed E-state index contributed by atoms with van der Waals surface area (Å²) in [6, 6.07) is 4.50. The smallest absolute Gasteiger partial charge is 0.246 e. The van der Waals surface area contributed by atoms with Crippen LogP contribution in [0, 0.1) is 5.82 Å². The number of piperazine rings is 1. The maximum atomic E-state index is 13.6. The molecule has 0 aliphatic carbocycles. The number of carbonyl (C=O) groups is 1. The molecule has 1 aromatic carbocycles. The number of anilines is 2. The summed E-state index contributed by atoms with van der Waals surface area (Å²) in [5.41, 5.74) is 1.82. The lowest BCUT2D eigenvalue weighted by molar-refractivity contribution is -0.126. The molecular formula is C27H33ClFN7OS. The van der Waals surface area contributed by atoms with Gasteiger partial charge in [-0.25, -0.2) is 14.4 Å². The number of halogens is 2. The molecule has 1 N–H and O–H groups in total. The second kappa shape index (κ2) is 12.0. The topological polar surface area (TPSA) is 67.8 Å². The molecule has 0 bridgehead atoms. The highest BCUT2D eigenvalue weighted by Crippen LogP contribution is 2.38. The van der Waals surface area contributed by atoms with Gasteiger partial charge < -0.3 is 15.1 Å². The molecule has 0 unspecified atom stereocenters. The van der Waals surface area contributed by atoms with Crippen LogP contribution in [0.5, 0.6) is 0 Å². The van der Waals surface area contributed by atoms with Crippen LogP contribution >= 0.6 is 22.9 Å². The largest absolute Gasteiger partial charge is 0.340 e. The van der Waals surface area contributed by atoms with Crippen LogP contribution in [0.2, 0.25) is 5.02 Å². The normalized spacial score (nSPS) is 17.0. The number of benzene rings is 1. The lowest BCUT2D eigenvalue weighted by Gasteiger charge is -2.34. The van der Waals surface area contributed by atoms with Crippen molar-refractivity contribution in [3.8, 4) is 0 Å². The van der Waals surface area contributed by atoms with Crippen LogP contribution < -0.4 is 5.32 Å². The molecule has 8 nitrogen and oxygen atoms in total. The number of nitrogens with one attached hydrogen (secondary N) is 1. The van der Waals surface area contributed by atoms with Gasteiger partial charge in [-0.2, -0.15) is 0 Å². The molecule has 5 rings (SSSR count). The number of aromatic nitrogens is 2. The molecule has 1 amide bonds. The molecular weight excluding hydrogens is 525 g/mol. The Morgan fingerprint density at radius 2 is 1.97 bits per heavy atom. The SMILES string of the molecule is CN(C)CCN1CCN(CC=CC(=O)N2CCc3c(sc4ncnc(Nc5ccc(F)c(Cl)c5)c34)C2)CC1. The average molecular weight is 558 g/mol. The summed E-state index contributed by atoms with van der Waals surface area (Å²) >= 11 is 7.54. The van der Waals surface area contributed by atoms with Gasteiger partial charge in [-0.15, -0.1) is 11.3 Å². The van der Waals surface area contributed by atoms with Crippen LogP contribution in [0.4, 0.5) is 15.9 Å². The Bertz CT molecular complexity index is 1320. The zero-order chi connectivity index (χ0) is 26.6. The van der Waals surface area contributed by atoms with E-state index in [0.717, 1.165) is 67.3 Å². The fourth-order valence-corrected chi connectivity index (χ4v) is 6.25. The van der Waals surface area contributed by atoms with Crippen molar-refractivity contribution in [2.75, 3.05) is 71.8 Å². The molecule has 2 aliphatic heterocycles. The van der Waals surface area contributed by atoms with Gasteiger partial charge in [-0.05, 0) is 44.3 Å². The first kappa shape index (κ1) is 27.0. The second-order valence-corrected chi connectivity index (χ2v) is 11.5. The number of likely N-dealkylation sites (N-methyl/N-ethyl adjacent to an activating group) is 1. The van der Waals surface area contributed by atoms with E-state index in [1.54, 1.807) is 29.5 Å². The number of nitrogens with zero attached hydrogens (tertiary/aromatic N) is 6. The van der Waals surface area contributed by atoms with E-state index in [1.807, 2.05) is 11.0 Å². The summed E-state index contributed by atoms with van der Waals surface area (Å²) in [6.07, 6.45) is 5.98. The first-order valence-electron chi connectivity index (χ1n) is 12.9. The molecule has 202 valence electrons. The minimum Gasteiger partial charge on any atom is -0.340 e. The van der Waals surface area contributed by atoms with E-state index in [4.69, 9.17) is 11.6 Å². The standard InChI is InChI=1S/C27H33ClFN7OS/c1-33(2)10-11-35-14-12-34(13-15-35)8-3-4-24(37)36-9-7-20-23(17-36)38-27-25(20)26(30-18-31-27)32-19-5-6-22(29)21(28)16-19/h3-6,16,18H,7-15,17H2,1-2H3,(H,30,31,32). The van der Waals surface area contributed by atoms with Crippen molar-refractivity contribution in [2.24, 2.45) is 0 Å². The lowest BCUT2D eigenvalue weighted by atomic mass is 10.0. The van der Waals surface area contributed by atoms with Gasteiger partial charge in [0.25, 0.3) is 0 Å².